The fraction of sp³-hybridized carbons (Fsp3) is 0.364. The predicted molar refractivity (Wildman–Crippen MR) is 123 cm³/mol. The van der Waals surface area contributed by atoms with Crippen LogP contribution in [0.4, 0.5) is 10.1 Å². The van der Waals surface area contributed by atoms with Gasteiger partial charge in [-0.05, 0) is 59.6 Å². The van der Waals surface area contributed by atoms with Crippen molar-refractivity contribution in [3.8, 4) is 0 Å². The van der Waals surface area contributed by atoms with Crippen LogP contribution in [0.15, 0.2) is 46.0 Å². The van der Waals surface area contributed by atoms with Crippen molar-refractivity contribution in [2.75, 3.05) is 18.4 Å². The van der Waals surface area contributed by atoms with Gasteiger partial charge in [0.15, 0.2) is 5.84 Å². The second kappa shape index (κ2) is 10.5. The largest absolute Gasteiger partial charge is 0.379 e. The zero-order valence-corrected chi connectivity index (χ0v) is 19.7. The number of carbonyl (C=O) groups excluding carboxylic acids is 2. The molecular weight excluding hydrogens is 465 g/mol. The number of nitrogens with one attached hydrogen (secondary N) is 1. The highest BCUT2D eigenvalue weighted by Gasteiger charge is 2.38. The van der Waals surface area contributed by atoms with E-state index in [2.05, 4.69) is 31.2 Å². The van der Waals surface area contributed by atoms with Crippen LogP contribution in [0.1, 0.15) is 50.2 Å². The van der Waals surface area contributed by atoms with Gasteiger partial charge in [-0.3, -0.25) is 14.6 Å². The maximum atomic E-state index is 14.7. The number of aliphatic imine (C=N–C) groups is 1. The molecule has 166 valence electrons. The molecule has 2 heterocycles. The standard InChI is InChI=1S/C20H21BrFN5O2.C2H6/c1-3-8-27-11-20(2,26-17(23)19(27)29)14-9-13(5-6-15(14)22)25-18(28)16-7-4-12(21)10-24-16;1-2/h4-7,9-10H,3,8,11H2,1-2H3,(H2,23,26)(H,25,28);1-2H3. The zero-order valence-electron chi connectivity index (χ0n) is 18.1. The SMILES string of the molecule is CC.CCCN1CC(C)(c2cc(NC(=O)c3ccc(Br)cn3)ccc2F)N=C(N)C1=O. The van der Waals surface area contributed by atoms with E-state index in [9.17, 15) is 14.0 Å². The molecule has 1 aromatic heterocycles. The van der Waals surface area contributed by atoms with Crippen molar-refractivity contribution in [1.82, 2.24) is 9.88 Å². The molecule has 0 saturated carbocycles. The molecule has 7 nitrogen and oxygen atoms in total. The highest BCUT2D eigenvalue weighted by Crippen LogP contribution is 2.33. The Balaban J connectivity index is 0.00000166. The number of aromatic nitrogens is 1. The van der Waals surface area contributed by atoms with Gasteiger partial charge in [0, 0.05) is 28.5 Å². The molecule has 0 aliphatic carbocycles. The van der Waals surface area contributed by atoms with Crippen LogP contribution < -0.4 is 11.1 Å². The number of halogens is 2. The highest BCUT2D eigenvalue weighted by atomic mass is 79.9. The van der Waals surface area contributed by atoms with Crippen LogP contribution in [0.2, 0.25) is 0 Å². The number of amidine groups is 1. The maximum absolute atomic E-state index is 14.7. The summed E-state index contributed by atoms with van der Waals surface area (Å²) in [7, 11) is 0. The van der Waals surface area contributed by atoms with Crippen LogP contribution in [0, 0.1) is 5.82 Å². The smallest absolute Gasteiger partial charge is 0.288 e. The monoisotopic (exact) mass is 491 g/mol. The summed E-state index contributed by atoms with van der Waals surface area (Å²) < 4.78 is 15.5. The molecule has 1 aromatic carbocycles. The Hall–Kier alpha value is -2.81. The van der Waals surface area contributed by atoms with E-state index >= 15 is 0 Å². The lowest BCUT2D eigenvalue weighted by Crippen LogP contribution is -2.52. The number of pyridine rings is 1. The molecule has 2 aromatic rings. The topological polar surface area (TPSA) is 101 Å². The molecule has 1 unspecified atom stereocenters. The van der Waals surface area contributed by atoms with Crippen LogP contribution in [0.3, 0.4) is 0 Å². The van der Waals surface area contributed by atoms with E-state index in [4.69, 9.17) is 5.73 Å². The Kier molecular flexibility index (Phi) is 8.27. The number of benzene rings is 1. The third kappa shape index (κ3) is 5.66. The quantitative estimate of drug-likeness (QED) is 0.657. The first-order valence-corrected chi connectivity index (χ1v) is 10.9. The molecule has 0 bridgehead atoms. The second-order valence-electron chi connectivity index (χ2n) is 7.01. The van der Waals surface area contributed by atoms with Crippen molar-refractivity contribution in [2.24, 2.45) is 10.7 Å². The van der Waals surface area contributed by atoms with Gasteiger partial charge < -0.3 is 16.0 Å². The first-order valence-electron chi connectivity index (χ1n) is 10.1. The predicted octanol–water partition coefficient (Wildman–Crippen LogP) is 4.09. The van der Waals surface area contributed by atoms with Gasteiger partial charge in [-0.2, -0.15) is 0 Å². The molecule has 0 fully saturated rings. The van der Waals surface area contributed by atoms with E-state index in [1.54, 1.807) is 24.0 Å². The lowest BCUT2D eigenvalue weighted by molar-refractivity contribution is -0.126. The van der Waals surface area contributed by atoms with Crippen LogP contribution in [0.5, 0.6) is 0 Å². The van der Waals surface area contributed by atoms with E-state index in [-0.39, 0.29) is 29.5 Å². The summed E-state index contributed by atoms with van der Waals surface area (Å²) in [6.07, 6.45) is 2.26. The van der Waals surface area contributed by atoms with Crippen LogP contribution >= 0.6 is 15.9 Å². The summed E-state index contributed by atoms with van der Waals surface area (Å²) in [5.74, 6) is -1.42. The molecule has 31 heavy (non-hydrogen) atoms. The van der Waals surface area contributed by atoms with Crippen molar-refractivity contribution in [2.45, 2.75) is 39.7 Å². The molecule has 3 rings (SSSR count). The average Bonchev–Trinajstić information content (AvgIpc) is 2.75. The number of nitrogens with two attached hydrogens (primary N) is 1. The van der Waals surface area contributed by atoms with Gasteiger partial charge in [0.1, 0.15) is 17.1 Å². The van der Waals surface area contributed by atoms with Crippen LogP contribution in [-0.4, -0.2) is 40.6 Å². The van der Waals surface area contributed by atoms with Crippen molar-refractivity contribution < 1.29 is 14.0 Å². The van der Waals surface area contributed by atoms with Crippen molar-refractivity contribution in [3.05, 3.63) is 58.1 Å². The second-order valence-corrected chi connectivity index (χ2v) is 7.92. The Morgan fingerprint density at radius 3 is 2.65 bits per heavy atom. The molecule has 0 spiro atoms. The molecule has 0 saturated heterocycles. The number of hydrogen-bond donors (Lipinski definition) is 2. The van der Waals surface area contributed by atoms with E-state index < -0.39 is 17.3 Å². The van der Waals surface area contributed by atoms with Crippen LogP contribution in [0.25, 0.3) is 0 Å². The summed E-state index contributed by atoms with van der Waals surface area (Å²) in [5, 5.41) is 2.71. The average molecular weight is 492 g/mol. The number of amides is 2. The third-order valence-electron chi connectivity index (χ3n) is 4.63. The molecule has 2 amide bonds. The van der Waals surface area contributed by atoms with Gasteiger partial charge in [0.25, 0.3) is 11.8 Å². The minimum atomic E-state index is -1.06. The first kappa shape index (κ1) is 24.5. The lowest BCUT2D eigenvalue weighted by Gasteiger charge is -2.37. The summed E-state index contributed by atoms with van der Waals surface area (Å²) in [4.78, 5) is 34.5. The van der Waals surface area contributed by atoms with Gasteiger partial charge in [-0.25, -0.2) is 9.37 Å². The number of rotatable bonds is 5. The minimum Gasteiger partial charge on any atom is -0.379 e. The zero-order chi connectivity index (χ0) is 23.2. The number of anilines is 1. The maximum Gasteiger partial charge on any atom is 0.288 e. The number of nitrogens with zero attached hydrogens (tertiary/aromatic N) is 3. The van der Waals surface area contributed by atoms with Crippen molar-refractivity contribution in [1.29, 1.82) is 0 Å². The molecule has 1 aliphatic rings. The molecular formula is C22H27BrFN5O2. The van der Waals surface area contributed by atoms with E-state index in [0.29, 0.717) is 12.2 Å². The van der Waals surface area contributed by atoms with E-state index in [1.165, 1.54) is 24.4 Å². The van der Waals surface area contributed by atoms with Gasteiger partial charge in [-0.1, -0.05) is 20.8 Å². The molecule has 9 heteroatoms. The van der Waals surface area contributed by atoms with Gasteiger partial charge in [-0.15, -0.1) is 0 Å². The fourth-order valence-corrected chi connectivity index (χ4v) is 3.51. The lowest BCUT2D eigenvalue weighted by atomic mass is 9.89. The Morgan fingerprint density at radius 2 is 2.03 bits per heavy atom. The summed E-state index contributed by atoms with van der Waals surface area (Å²) in [6.45, 7) is 8.36. The molecule has 1 atom stereocenters. The summed E-state index contributed by atoms with van der Waals surface area (Å²) in [5.41, 5.74) is 5.63. The first-order chi connectivity index (χ1) is 14.7. The third-order valence-corrected chi connectivity index (χ3v) is 5.10. The normalized spacial score (nSPS) is 18.1. The molecule has 3 N–H and O–H groups in total. The number of hydrogen-bond acceptors (Lipinski definition) is 5. The fourth-order valence-electron chi connectivity index (χ4n) is 3.27. The Bertz CT molecular complexity index is 980. The van der Waals surface area contributed by atoms with Gasteiger partial charge >= 0.3 is 0 Å². The van der Waals surface area contributed by atoms with Crippen molar-refractivity contribution in [3.63, 3.8) is 0 Å². The Labute approximate surface area is 190 Å². The molecule has 0 radical (unpaired) electrons. The minimum absolute atomic E-state index is 0.153. The van der Waals surface area contributed by atoms with E-state index in [0.717, 1.165) is 10.9 Å². The summed E-state index contributed by atoms with van der Waals surface area (Å²) in [6, 6.07) is 7.52. The van der Waals surface area contributed by atoms with Gasteiger partial charge in [0.2, 0.25) is 0 Å². The highest BCUT2D eigenvalue weighted by molar-refractivity contribution is 9.10. The van der Waals surface area contributed by atoms with Gasteiger partial charge in [0.05, 0.1) is 6.54 Å². The molecule has 1 aliphatic heterocycles. The number of carbonyl (C=O) groups is 2. The van der Waals surface area contributed by atoms with E-state index in [1.807, 2.05) is 20.8 Å². The summed E-state index contributed by atoms with van der Waals surface area (Å²) >= 11 is 3.27. The Morgan fingerprint density at radius 1 is 1.32 bits per heavy atom. The van der Waals surface area contributed by atoms with Crippen molar-refractivity contribution >= 4 is 39.3 Å². The van der Waals surface area contributed by atoms with Crippen LogP contribution in [-0.2, 0) is 10.3 Å².